The molecule has 0 saturated heterocycles. The molecule has 0 unspecified atom stereocenters. The number of alkyl halides is 1. The largest absolute Gasteiger partial charge is 0.444 e. The first-order valence-electron chi connectivity index (χ1n) is 9.76. The van der Waals surface area contributed by atoms with Crippen molar-refractivity contribution in [1.29, 1.82) is 0 Å². The number of carbonyl (C=O) groups is 4. The molecule has 0 saturated carbocycles. The van der Waals surface area contributed by atoms with Gasteiger partial charge < -0.3 is 20.7 Å². The topological polar surface area (TPSA) is 114 Å². The normalized spacial score (nSPS) is 11.9. The zero-order chi connectivity index (χ0) is 22.7. The van der Waals surface area contributed by atoms with E-state index >= 15 is 0 Å². The van der Waals surface area contributed by atoms with Gasteiger partial charge in [-0.1, -0.05) is 6.07 Å². The Hall–Kier alpha value is -2.61. The van der Waals surface area contributed by atoms with Crippen LogP contribution in [0.4, 0.5) is 10.5 Å². The average molecular weight is 440 g/mol. The molecule has 3 N–H and O–H groups in total. The number of anilines is 1. The van der Waals surface area contributed by atoms with Crippen LogP contribution < -0.4 is 16.0 Å². The van der Waals surface area contributed by atoms with Crippen molar-refractivity contribution >= 4 is 41.0 Å². The molecule has 1 aromatic rings. The predicted octanol–water partition coefficient (Wildman–Crippen LogP) is 3.25. The van der Waals surface area contributed by atoms with Gasteiger partial charge in [0.2, 0.25) is 5.91 Å². The Morgan fingerprint density at radius 3 is 2.43 bits per heavy atom. The first-order chi connectivity index (χ1) is 14.0. The lowest BCUT2D eigenvalue weighted by Crippen LogP contribution is -2.41. The van der Waals surface area contributed by atoms with Crippen LogP contribution in [0.2, 0.25) is 0 Å². The quantitative estimate of drug-likeness (QED) is 0.382. The van der Waals surface area contributed by atoms with Crippen LogP contribution in [-0.4, -0.2) is 47.8 Å². The molecule has 0 fully saturated rings. The number of rotatable bonds is 10. The SMILES string of the molecule is CC(=O)Nc1cccc(C(=O)N[C@@H](CCCCNC(=O)OC(C)(C)C)C(=O)CCl)c1. The van der Waals surface area contributed by atoms with Gasteiger partial charge in [-0.25, -0.2) is 4.79 Å². The summed E-state index contributed by atoms with van der Waals surface area (Å²) in [5, 5.41) is 7.96. The number of nitrogens with one attached hydrogen (secondary N) is 3. The van der Waals surface area contributed by atoms with Gasteiger partial charge in [-0.3, -0.25) is 14.4 Å². The van der Waals surface area contributed by atoms with Gasteiger partial charge in [0.25, 0.3) is 5.91 Å². The van der Waals surface area contributed by atoms with Gasteiger partial charge >= 0.3 is 6.09 Å². The lowest BCUT2D eigenvalue weighted by molar-refractivity contribution is -0.118. The minimum absolute atomic E-state index is 0.215. The summed E-state index contributed by atoms with van der Waals surface area (Å²) in [5.41, 5.74) is 0.243. The zero-order valence-corrected chi connectivity index (χ0v) is 18.6. The van der Waals surface area contributed by atoms with Crippen LogP contribution in [0.3, 0.4) is 0 Å². The van der Waals surface area contributed by atoms with E-state index < -0.39 is 23.6 Å². The van der Waals surface area contributed by atoms with Crippen LogP contribution in [0.25, 0.3) is 0 Å². The highest BCUT2D eigenvalue weighted by Gasteiger charge is 2.21. The summed E-state index contributed by atoms with van der Waals surface area (Å²) in [6.07, 6.45) is 1.09. The summed E-state index contributed by atoms with van der Waals surface area (Å²) in [6, 6.07) is 5.69. The Balaban J connectivity index is 2.56. The summed E-state index contributed by atoms with van der Waals surface area (Å²) in [5.74, 6) is -1.18. The number of hydrogen-bond acceptors (Lipinski definition) is 5. The minimum Gasteiger partial charge on any atom is -0.444 e. The number of halogens is 1. The standard InChI is InChI=1S/C21H30ClN3O5/c1-14(26)24-16-9-7-8-15(12-16)19(28)25-17(18(27)13-22)10-5-6-11-23-20(29)30-21(2,3)4/h7-9,12,17H,5-6,10-11,13H2,1-4H3,(H,23,29)(H,24,26)(H,25,28)/t17-/m0/s1. The fourth-order valence-electron chi connectivity index (χ4n) is 2.57. The van der Waals surface area contributed by atoms with E-state index in [0.29, 0.717) is 37.1 Å². The van der Waals surface area contributed by atoms with E-state index in [4.69, 9.17) is 16.3 Å². The molecule has 0 heterocycles. The maximum atomic E-state index is 12.5. The predicted molar refractivity (Wildman–Crippen MR) is 116 cm³/mol. The fraction of sp³-hybridized carbons (Fsp3) is 0.524. The van der Waals surface area contributed by atoms with Gasteiger partial charge in [-0.2, -0.15) is 0 Å². The van der Waals surface area contributed by atoms with Crippen molar-refractivity contribution in [2.75, 3.05) is 17.7 Å². The first kappa shape index (κ1) is 25.4. The summed E-state index contributed by atoms with van der Waals surface area (Å²) >= 11 is 5.68. The molecule has 0 spiro atoms. The van der Waals surface area contributed by atoms with E-state index in [0.717, 1.165) is 0 Å². The lowest BCUT2D eigenvalue weighted by Gasteiger charge is -2.20. The number of alkyl carbamates (subject to hydrolysis) is 1. The molecule has 9 heteroatoms. The average Bonchev–Trinajstić information content (AvgIpc) is 2.64. The lowest BCUT2D eigenvalue weighted by atomic mass is 10.0. The Morgan fingerprint density at radius 2 is 1.83 bits per heavy atom. The number of ether oxygens (including phenoxy) is 1. The molecule has 30 heavy (non-hydrogen) atoms. The number of Topliss-reactive ketones (excluding diaryl/α,β-unsaturated/α-hetero) is 1. The first-order valence-corrected chi connectivity index (χ1v) is 10.3. The van der Waals surface area contributed by atoms with E-state index in [1.54, 1.807) is 39.0 Å². The molecule has 1 atom stereocenters. The maximum absolute atomic E-state index is 12.5. The molecule has 1 rings (SSSR count). The molecule has 0 bridgehead atoms. The van der Waals surface area contributed by atoms with Crippen LogP contribution in [0.15, 0.2) is 24.3 Å². The smallest absolute Gasteiger partial charge is 0.407 e. The van der Waals surface area contributed by atoms with E-state index in [-0.39, 0.29) is 17.6 Å². The van der Waals surface area contributed by atoms with Crippen LogP contribution in [0, 0.1) is 0 Å². The van der Waals surface area contributed by atoms with Crippen molar-refractivity contribution in [1.82, 2.24) is 10.6 Å². The second-order valence-corrected chi connectivity index (χ2v) is 8.08. The number of amides is 3. The Labute approximate surface area is 182 Å². The maximum Gasteiger partial charge on any atom is 0.407 e. The molecule has 166 valence electrons. The Kier molecular flexibility index (Phi) is 10.3. The van der Waals surface area contributed by atoms with Gasteiger partial charge in [0.1, 0.15) is 5.60 Å². The van der Waals surface area contributed by atoms with Gasteiger partial charge in [0, 0.05) is 24.7 Å². The second-order valence-electron chi connectivity index (χ2n) is 7.81. The van der Waals surface area contributed by atoms with Crippen molar-refractivity contribution in [3.63, 3.8) is 0 Å². The number of unbranched alkanes of at least 4 members (excludes halogenated alkanes) is 1. The molecule has 0 aliphatic carbocycles. The third kappa shape index (κ3) is 10.2. The van der Waals surface area contributed by atoms with Crippen LogP contribution in [0.1, 0.15) is 57.3 Å². The van der Waals surface area contributed by atoms with Crippen molar-refractivity contribution in [3.8, 4) is 0 Å². The summed E-state index contributed by atoms with van der Waals surface area (Å²) < 4.78 is 5.15. The number of benzene rings is 1. The Bertz CT molecular complexity index is 761. The van der Waals surface area contributed by atoms with Crippen molar-refractivity contribution in [2.24, 2.45) is 0 Å². The molecule has 8 nitrogen and oxygen atoms in total. The van der Waals surface area contributed by atoms with E-state index in [1.165, 1.54) is 13.0 Å². The molecule has 0 aliphatic rings. The third-order valence-electron chi connectivity index (χ3n) is 3.86. The van der Waals surface area contributed by atoms with Gasteiger partial charge in [-0.15, -0.1) is 11.6 Å². The fourth-order valence-corrected chi connectivity index (χ4v) is 2.75. The van der Waals surface area contributed by atoms with E-state index in [9.17, 15) is 19.2 Å². The van der Waals surface area contributed by atoms with Gasteiger partial charge in [0.15, 0.2) is 5.78 Å². The van der Waals surface area contributed by atoms with Crippen molar-refractivity contribution in [2.45, 2.75) is 58.6 Å². The number of hydrogen-bond donors (Lipinski definition) is 3. The zero-order valence-electron chi connectivity index (χ0n) is 17.8. The van der Waals surface area contributed by atoms with Crippen molar-refractivity contribution in [3.05, 3.63) is 29.8 Å². The van der Waals surface area contributed by atoms with E-state index in [2.05, 4.69) is 16.0 Å². The monoisotopic (exact) mass is 439 g/mol. The molecule has 0 aromatic heterocycles. The Morgan fingerprint density at radius 1 is 1.13 bits per heavy atom. The summed E-state index contributed by atoms with van der Waals surface area (Å²) in [7, 11) is 0. The molecule has 0 aliphatic heterocycles. The highest BCUT2D eigenvalue weighted by Crippen LogP contribution is 2.12. The molecule has 3 amide bonds. The van der Waals surface area contributed by atoms with Crippen LogP contribution in [0.5, 0.6) is 0 Å². The molecular weight excluding hydrogens is 410 g/mol. The number of ketones is 1. The summed E-state index contributed by atoms with van der Waals surface area (Å²) in [4.78, 5) is 47.5. The van der Waals surface area contributed by atoms with Crippen LogP contribution in [-0.2, 0) is 14.3 Å². The molecule has 0 radical (unpaired) electrons. The second kappa shape index (κ2) is 12.2. The van der Waals surface area contributed by atoms with Gasteiger partial charge in [-0.05, 0) is 58.2 Å². The highest BCUT2D eigenvalue weighted by molar-refractivity contribution is 6.28. The van der Waals surface area contributed by atoms with Crippen LogP contribution >= 0.6 is 11.6 Å². The third-order valence-corrected chi connectivity index (χ3v) is 4.12. The summed E-state index contributed by atoms with van der Waals surface area (Å²) in [6.45, 7) is 7.11. The minimum atomic E-state index is -0.735. The molecular formula is C21H30ClN3O5. The van der Waals surface area contributed by atoms with E-state index in [1.807, 2.05) is 0 Å². The van der Waals surface area contributed by atoms with Gasteiger partial charge in [0.05, 0.1) is 11.9 Å². The van der Waals surface area contributed by atoms with Crippen molar-refractivity contribution < 1.29 is 23.9 Å². The highest BCUT2D eigenvalue weighted by atomic mass is 35.5. The number of carbonyl (C=O) groups excluding carboxylic acids is 4. The molecule has 1 aromatic carbocycles.